The van der Waals surface area contributed by atoms with Crippen molar-refractivity contribution in [3.8, 4) is 0 Å². The van der Waals surface area contributed by atoms with Crippen molar-refractivity contribution in [2.75, 3.05) is 6.54 Å². The van der Waals surface area contributed by atoms with Crippen molar-refractivity contribution >= 4 is 0 Å². The van der Waals surface area contributed by atoms with Gasteiger partial charge in [-0.15, -0.1) is 0 Å². The molecule has 16 heavy (non-hydrogen) atoms. The predicted octanol–water partition coefficient (Wildman–Crippen LogP) is 3.69. The Morgan fingerprint density at radius 1 is 1.12 bits per heavy atom. The van der Waals surface area contributed by atoms with E-state index in [0.717, 1.165) is 24.9 Å². The number of benzene rings is 1. The van der Waals surface area contributed by atoms with Crippen LogP contribution >= 0.6 is 0 Å². The topological polar surface area (TPSA) is 12.0 Å². The Hall–Kier alpha value is -0.820. The molecule has 0 aliphatic carbocycles. The van der Waals surface area contributed by atoms with Crippen molar-refractivity contribution in [2.45, 2.75) is 41.2 Å². The largest absolute Gasteiger partial charge is 0.312 e. The Bertz CT molecular complexity index is 328. The van der Waals surface area contributed by atoms with Crippen molar-refractivity contribution in [3.05, 3.63) is 34.9 Å². The second-order valence-corrected chi connectivity index (χ2v) is 5.28. The Balaban J connectivity index is 2.45. The Kier molecular flexibility index (Phi) is 5.01. The lowest BCUT2D eigenvalue weighted by atomic mass is 9.98. The molecule has 0 unspecified atom stereocenters. The van der Waals surface area contributed by atoms with Crippen LogP contribution in [-0.2, 0) is 6.54 Å². The molecule has 1 nitrogen and oxygen atoms in total. The maximum absolute atomic E-state index is 3.55. The Morgan fingerprint density at radius 3 is 2.44 bits per heavy atom. The van der Waals surface area contributed by atoms with E-state index >= 15 is 0 Å². The van der Waals surface area contributed by atoms with Crippen molar-refractivity contribution in [1.29, 1.82) is 0 Å². The summed E-state index contributed by atoms with van der Waals surface area (Å²) in [4.78, 5) is 0. The molecule has 1 aromatic rings. The van der Waals surface area contributed by atoms with Crippen LogP contribution in [-0.4, -0.2) is 6.54 Å². The summed E-state index contributed by atoms with van der Waals surface area (Å²) >= 11 is 0. The molecule has 90 valence electrons. The van der Waals surface area contributed by atoms with Gasteiger partial charge in [0.25, 0.3) is 0 Å². The zero-order valence-electron chi connectivity index (χ0n) is 11.3. The first-order chi connectivity index (χ1) is 7.50. The third kappa shape index (κ3) is 3.97. The smallest absolute Gasteiger partial charge is 0.0208 e. The van der Waals surface area contributed by atoms with Crippen LogP contribution in [0.2, 0.25) is 0 Å². The first-order valence-corrected chi connectivity index (χ1v) is 6.27. The summed E-state index contributed by atoms with van der Waals surface area (Å²) in [5.41, 5.74) is 4.16. The lowest BCUT2D eigenvalue weighted by molar-refractivity contribution is 0.392. The van der Waals surface area contributed by atoms with Crippen LogP contribution in [0, 0.1) is 25.7 Å². The van der Waals surface area contributed by atoms with Crippen LogP contribution in [0.4, 0.5) is 0 Å². The van der Waals surface area contributed by atoms with Gasteiger partial charge >= 0.3 is 0 Å². The second-order valence-electron chi connectivity index (χ2n) is 5.28. The van der Waals surface area contributed by atoms with Crippen LogP contribution in [0.5, 0.6) is 0 Å². The maximum atomic E-state index is 3.55. The zero-order chi connectivity index (χ0) is 12.1. The molecule has 0 aliphatic heterocycles. The molecule has 1 aromatic carbocycles. The minimum absolute atomic E-state index is 0.741. The first kappa shape index (κ1) is 13.2. The number of hydrogen-bond donors (Lipinski definition) is 1. The molecule has 0 spiro atoms. The molecule has 1 heteroatoms. The molecule has 1 N–H and O–H groups in total. The third-order valence-electron chi connectivity index (χ3n) is 3.42. The average molecular weight is 219 g/mol. The molecule has 1 atom stereocenters. The van der Waals surface area contributed by atoms with Crippen molar-refractivity contribution < 1.29 is 0 Å². The van der Waals surface area contributed by atoms with Crippen LogP contribution in [0.1, 0.15) is 37.5 Å². The Labute approximate surface area is 100 Å². The van der Waals surface area contributed by atoms with Gasteiger partial charge < -0.3 is 5.32 Å². The van der Waals surface area contributed by atoms with E-state index in [-0.39, 0.29) is 0 Å². The molecule has 0 amide bonds. The zero-order valence-corrected chi connectivity index (χ0v) is 11.3. The van der Waals surface area contributed by atoms with Crippen LogP contribution in [0.3, 0.4) is 0 Å². The van der Waals surface area contributed by atoms with Gasteiger partial charge in [-0.25, -0.2) is 0 Å². The third-order valence-corrected chi connectivity index (χ3v) is 3.42. The number of hydrogen-bond acceptors (Lipinski definition) is 1. The van der Waals surface area contributed by atoms with E-state index < -0.39 is 0 Å². The fourth-order valence-corrected chi connectivity index (χ4v) is 1.66. The summed E-state index contributed by atoms with van der Waals surface area (Å²) < 4.78 is 0. The minimum atomic E-state index is 0.741. The monoisotopic (exact) mass is 219 g/mol. The van der Waals surface area contributed by atoms with E-state index in [9.17, 15) is 0 Å². The van der Waals surface area contributed by atoms with Crippen LogP contribution in [0.15, 0.2) is 18.2 Å². The highest BCUT2D eigenvalue weighted by atomic mass is 14.9. The summed E-state index contributed by atoms with van der Waals surface area (Å²) in [6.07, 6.45) is 0. The van der Waals surface area contributed by atoms with Gasteiger partial charge in [-0.05, 0) is 43.4 Å². The van der Waals surface area contributed by atoms with Gasteiger partial charge in [0, 0.05) is 6.54 Å². The van der Waals surface area contributed by atoms with Gasteiger partial charge in [-0.1, -0.05) is 44.5 Å². The molecule has 0 saturated carbocycles. The highest BCUT2D eigenvalue weighted by Crippen LogP contribution is 2.11. The van der Waals surface area contributed by atoms with Gasteiger partial charge in [0.15, 0.2) is 0 Å². The van der Waals surface area contributed by atoms with E-state index in [0.29, 0.717) is 0 Å². The quantitative estimate of drug-likeness (QED) is 0.796. The fraction of sp³-hybridized carbons (Fsp3) is 0.600. The standard InChI is InChI=1S/C15H25N/c1-11(2)14(5)9-16-10-15-8-12(3)6-7-13(15)4/h6-8,11,14,16H,9-10H2,1-5H3/t14-/m1/s1. The lowest BCUT2D eigenvalue weighted by Gasteiger charge is -2.16. The summed E-state index contributed by atoms with van der Waals surface area (Å²) in [7, 11) is 0. The number of nitrogens with one attached hydrogen (secondary N) is 1. The van der Waals surface area contributed by atoms with Gasteiger partial charge in [-0.2, -0.15) is 0 Å². The van der Waals surface area contributed by atoms with E-state index in [1.807, 2.05) is 0 Å². The SMILES string of the molecule is Cc1ccc(C)c(CNC[C@@H](C)C(C)C)c1. The molecule has 1 rings (SSSR count). The lowest BCUT2D eigenvalue weighted by Crippen LogP contribution is -2.24. The molecule has 0 heterocycles. The highest BCUT2D eigenvalue weighted by molar-refractivity contribution is 5.30. The normalized spacial score (nSPS) is 13.1. The first-order valence-electron chi connectivity index (χ1n) is 6.27. The molecule has 0 aromatic heterocycles. The molecule has 0 saturated heterocycles. The Morgan fingerprint density at radius 2 is 1.81 bits per heavy atom. The van der Waals surface area contributed by atoms with Crippen LogP contribution < -0.4 is 5.32 Å². The molecular formula is C15H25N. The summed E-state index contributed by atoms with van der Waals surface area (Å²) in [5, 5.41) is 3.55. The van der Waals surface area contributed by atoms with Gasteiger partial charge in [-0.3, -0.25) is 0 Å². The van der Waals surface area contributed by atoms with Crippen molar-refractivity contribution in [2.24, 2.45) is 11.8 Å². The summed E-state index contributed by atoms with van der Waals surface area (Å²) in [5.74, 6) is 1.50. The highest BCUT2D eigenvalue weighted by Gasteiger charge is 2.06. The molecule has 0 radical (unpaired) electrons. The van der Waals surface area contributed by atoms with Gasteiger partial charge in [0.05, 0.1) is 0 Å². The maximum Gasteiger partial charge on any atom is 0.0208 e. The molecule has 0 aliphatic rings. The van der Waals surface area contributed by atoms with E-state index in [4.69, 9.17) is 0 Å². The minimum Gasteiger partial charge on any atom is -0.312 e. The summed E-state index contributed by atoms with van der Waals surface area (Å²) in [6, 6.07) is 6.66. The molecule has 0 fully saturated rings. The van der Waals surface area contributed by atoms with Crippen molar-refractivity contribution in [3.63, 3.8) is 0 Å². The fourth-order valence-electron chi connectivity index (χ4n) is 1.66. The van der Waals surface area contributed by atoms with E-state index in [2.05, 4.69) is 58.1 Å². The molecule has 0 bridgehead atoms. The van der Waals surface area contributed by atoms with Crippen LogP contribution in [0.25, 0.3) is 0 Å². The second kappa shape index (κ2) is 6.05. The summed E-state index contributed by atoms with van der Waals surface area (Å²) in [6.45, 7) is 13.3. The number of rotatable bonds is 5. The van der Waals surface area contributed by atoms with Crippen molar-refractivity contribution in [1.82, 2.24) is 5.32 Å². The van der Waals surface area contributed by atoms with Gasteiger partial charge in [0.2, 0.25) is 0 Å². The molecular weight excluding hydrogens is 194 g/mol. The number of aryl methyl sites for hydroxylation is 2. The van der Waals surface area contributed by atoms with E-state index in [1.165, 1.54) is 16.7 Å². The predicted molar refractivity (Wildman–Crippen MR) is 71.6 cm³/mol. The average Bonchev–Trinajstić information content (AvgIpc) is 2.22. The van der Waals surface area contributed by atoms with E-state index in [1.54, 1.807) is 0 Å². The van der Waals surface area contributed by atoms with Gasteiger partial charge in [0.1, 0.15) is 0 Å².